The van der Waals surface area contributed by atoms with Crippen LogP contribution in [-0.4, -0.2) is 19.4 Å². The summed E-state index contributed by atoms with van der Waals surface area (Å²) in [5, 5.41) is 0. The molecular weight excluding hydrogens is 468 g/mol. The molecule has 0 spiro atoms. The summed E-state index contributed by atoms with van der Waals surface area (Å²) in [5.41, 5.74) is 0. The summed E-state index contributed by atoms with van der Waals surface area (Å²) < 4.78 is 10.4. The first-order valence-electron chi connectivity index (χ1n) is 16.6. The fourth-order valence-electron chi connectivity index (χ4n) is 4.55. The predicted molar refractivity (Wildman–Crippen MR) is 167 cm³/mol. The van der Waals surface area contributed by atoms with Gasteiger partial charge < -0.3 is 9.47 Å². The molecular formula is C35H64O3. The van der Waals surface area contributed by atoms with Gasteiger partial charge in [0, 0.05) is 0 Å². The number of allylic oxidation sites excluding steroid dienone is 6. The maximum atomic E-state index is 11.7. The highest BCUT2D eigenvalue weighted by Crippen LogP contribution is 2.13. The van der Waals surface area contributed by atoms with Crippen molar-refractivity contribution in [2.75, 3.05) is 13.2 Å². The third-order valence-electron chi connectivity index (χ3n) is 6.98. The lowest BCUT2D eigenvalue weighted by molar-refractivity contribution is 0.0529. The molecule has 0 heterocycles. The third kappa shape index (κ3) is 32.5. The summed E-state index contributed by atoms with van der Waals surface area (Å²) in [7, 11) is 0. The van der Waals surface area contributed by atoms with Crippen LogP contribution in [0.5, 0.6) is 0 Å². The quantitative estimate of drug-likeness (QED) is 0.0546. The molecule has 0 aliphatic heterocycles. The van der Waals surface area contributed by atoms with Gasteiger partial charge in [-0.05, 0) is 44.9 Å². The van der Waals surface area contributed by atoms with E-state index in [1.165, 1.54) is 109 Å². The van der Waals surface area contributed by atoms with E-state index >= 15 is 0 Å². The van der Waals surface area contributed by atoms with E-state index in [0.29, 0.717) is 13.2 Å². The minimum Gasteiger partial charge on any atom is -0.434 e. The smallest absolute Gasteiger partial charge is 0.434 e. The van der Waals surface area contributed by atoms with Crippen LogP contribution in [0.15, 0.2) is 36.5 Å². The first-order chi connectivity index (χ1) is 18.8. The van der Waals surface area contributed by atoms with E-state index < -0.39 is 6.16 Å². The van der Waals surface area contributed by atoms with E-state index in [4.69, 9.17) is 9.47 Å². The molecule has 0 radical (unpaired) electrons. The van der Waals surface area contributed by atoms with Crippen LogP contribution in [0.1, 0.15) is 168 Å². The van der Waals surface area contributed by atoms with Crippen LogP contribution in [0, 0.1) is 0 Å². The molecule has 0 aliphatic carbocycles. The number of unbranched alkanes of at least 4 members (excludes halogenated alkanes) is 19. The van der Waals surface area contributed by atoms with E-state index in [-0.39, 0.29) is 0 Å². The molecule has 0 aromatic carbocycles. The monoisotopic (exact) mass is 532 g/mol. The molecule has 0 unspecified atom stereocenters. The molecule has 0 atom stereocenters. The minimum absolute atomic E-state index is 0.487. The highest BCUT2D eigenvalue weighted by Gasteiger charge is 2.03. The molecule has 0 bridgehead atoms. The van der Waals surface area contributed by atoms with Gasteiger partial charge in [0.15, 0.2) is 0 Å². The number of ether oxygens (including phenoxy) is 2. The summed E-state index contributed by atoms with van der Waals surface area (Å²) in [6, 6.07) is 0. The molecule has 3 nitrogen and oxygen atoms in total. The number of hydrogen-bond donors (Lipinski definition) is 0. The Morgan fingerprint density at radius 2 is 0.816 bits per heavy atom. The summed E-state index contributed by atoms with van der Waals surface area (Å²) in [5.74, 6) is 0. The maximum absolute atomic E-state index is 11.7. The van der Waals surface area contributed by atoms with Crippen molar-refractivity contribution in [1.29, 1.82) is 0 Å². The number of carbonyl (C=O) groups excluding carboxylic acids is 1. The van der Waals surface area contributed by atoms with Gasteiger partial charge in [-0.25, -0.2) is 4.79 Å². The summed E-state index contributed by atoms with van der Waals surface area (Å²) in [6.07, 6.45) is 43.2. The lowest BCUT2D eigenvalue weighted by Gasteiger charge is -2.06. The minimum atomic E-state index is -0.487. The van der Waals surface area contributed by atoms with Gasteiger partial charge >= 0.3 is 6.16 Å². The van der Waals surface area contributed by atoms with Gasteiger partial charge in [-0.1, -0.05) is 159 Å². The standard InChI is InChI=1S/C35H64O3/c1-3-5-7-9-11-13-15-17-19-20-22-24-26-28-30-32-34-38-35(36)37-33-31-29-27-25-23-21-18-16-14-12-10-8-6-4-2/h5,7,11,13,17,19H,3-4,6,8-10,12,14-16,18,20-34H2,1-2H3. The molecule has 0 aromatic rings. The molecule has 0 amide bonds. The van der Waals surface area contributed by atoms with E-state index in [1.807, 2.05) is 0 Å². The second-order valence-electron chi connectivity index (χ2n) is 10.7. The van der Waals surface area contributed by atoms with Crippen molar-refractivity contribution < 1.29 is 14.3 Å². The predicted octanol–water partition coefficient (Wildman–Crippen LogP) is 12.2. The largest absolute Gasteiger partial charge is 0.508 e. The summed E-state index contributed by atoms with van der Waals surface area (Å²) in [6.45, 7) is 5.43. The van der Waals surface area contributed by atoms with Gasteiger partial charge in [0.25, 0.3) is 0 Å². The topological polar surface area (TPSA) is 35.5 Å². The Kier molecular flexibility index (Phi) is 32.2. The van der Waals surface area contributed by atoms with Crippen molar-refractivity contribution >= 4 is 6.16 Å². The Bertz CT molecular complexity index is 549. The van der Waals surface area contributed by atoms with E-state index in [1.54, 1.807) is 0 Å². The lowest BCUT2D eigenvalue weighted by atomic mass is 10.0. The molecule has 0 saturated heterocycles. The van der Waals surface area contributed by atoms with Gasteiger partial charge in [0.2, 0.25) is 0 Å². The second kappa shape index (κ2) is 33.5. The SMILES string of the molecule is CCC=CCC=CCC=CCCCCCCCCOC(=O)OCCCCCCCCCCCCCCCC. The third-order valence-corrected chi connectivity index (χ3v) is 6.98. The van der Waals surface area contributed by atoms with Crippen LogP contribution in [0.2, 0.25) is 0 Å². The van der Waals surface area contributed by atoms with Gasteiger partial charge in [0.1, 0.15) is 0 Å². The average Bonchev–Trinajstić information content (AvgIpc) is 2.92. The Balaban J connectivity index is 3.23. The number of hydrogen-bond acceptors (Lipinski definition) is 3. The summed E-state index contributed by atoms with van der Waals surface area (Å²) in [4.78, 5) is 11.7. The van der Waals surface area contributed by atoms with Gasteiger partial charge in [-0.15, -0.1) is 0 Å². The Morgan fingerprint density at radius 3 is 1.26 bits per heavy atom. The van der Waals surface area contributed by atoms with Gasteiger partial charge in [-0.3, -0.25) is 0 Å². The zero-order valence-corrected chi connectivity index (χ0v) is 25.6. The number of rotatable bonds is 29. The zero-order chi connectivity index (χ0) is 27.6. The van der Waals surface area contributed by atoms with Gasteiger partial charge in [-0.2, -0.15) is 0 Å². The zero-order valence-electron chi connectivity index (χ0n) is 25.6. The molecule has 38 heavy (non-hydrogen) atoms. The maximum Gasteiger partial charge on any atom is 0.508 e. The molecule has 0 rings (SSSR count). The van der Waals surface area contributed by atoms with Crippen molar-refractivity contribution in [2.24, 2.45) is 0 Å². The van der Waals surface area contributed by atoms with E-state index in [0.717, 1.165) is 44.9 Å². The molecule has 0 N–H and O–H groups in total. The normalized spacial score (nSPS) is 11.8. The van der Waals surface area contributed by atoms with Crippen LogP contribution in [0.4, 0.5) is 4.79 Å². The first-order valence-corrected chi connectivity index (χ1v) is 16.6. The number of carbonyl (C=O) groups is 1. The fraction of sp³-hybridized carbons (Fsp3) is 0.800. The van der Waals surface area contributed by atoms with Crippen molar-refractivity contribution in [2.45, 2.75) is 168 Å². The molecule has 3 heteroatoms. The van der Waals surface area contributed by atoms with E-state index in [2.05, 4.69) is 50.3 Å². The van der Waals surface area contributed by atoms with Crippen LogP contribution >= 0.6 is 0 Å². The Labute approximate surface area is 237 Å². The van der Waals surface area contributed by atoms with Crippen LogP contribution in [-0.2, 0) is 9.47 Å². The highest BCUT2D eigenvalue weighted by molar-refractivity contribution is 5.59. The molecule has 0 fully saturated rings. The lowest BCUT2D eigenvalue weighted by Crippen LogP contribution is -2.09. The van der Waals surface area contributed by atoms with E-state index in [9.17, 15) is 4.79 Å². The second-order valence-corrected chi connectivity index (χ2v) is 10.7. The van der Waals surface area contributed by atoms with Crippen molar-refractivity contribution in [3.63, 3.8) is 0 Å². The van der Waals surface area contributed by atoms with Crippen LogP contribution in [0.25, 0.3) is 0 Å². The molecule has 0 aliphatic rings. The van der Waals surface area contributed by atoms with Crippen LogP contribution < -0.4 is 0 Å². The average molecular weight is 533 g/mol. The Hall–Kier alpha value is -1.51. The van der Waals surface area contributed by atoms with Crippen molar-refractivity contribution in [1.82, 2.24) is 0 Å². The van der Waals surface area contributed by atoms with Crippen molar-refractivity contribution in [3.05, 3.63) is 36.5 Å². The summed E-state index contributed by atoms with van der Waals surface area (Å²) >= 11 is 0. The first kappa shape index (κ1) is 36.5. The molecule has 222 valence electrons. The highest BCUT2D eigenvalue weighted by atomic mass is 16.7. The van der Waals surface area contributed by atoms with Crippen LogP contribution in [0.3, 0.4) is 0 Å². The van der Waals surface area contributed by atoms with Gasteiger partial charge in [0.05, 0.1) is 13.2 Å². The van der Waals surface area contributed by atoms with Crippen molar-refractivity contribution in [3.8, 4) is 0 Å². The Morgan fingerprint density at radius 1 is 0.447 bits per heavy atom. The molecule has 0 aromatic heterocycles. The molecule has 0 saturated carbocycles. The fourth-order valence-corrected chi connectivity index (χ4v) is 4.55.